The van der Waals surface area contributed by atoms with Crippen LogP contribution in [0.1, 0.15) is 38.1 Å². The highest BCUT2D eigenvalue weighted by molar-refractivity contribution is 6.61. The number of nitrogen functional groups attached to an aromatic ring is 1. The number of amides is 1. The van der Waals surface area contributed by atoms with Crippen LogP contribution >= 0.6 is 0 Å². The molecule has 0 saturated carbocycles. The van der Waals surface area contributed by atoms with Gasteiger partial charge in [0.25, 0.3) is 5.91 Å². The summed E-state index contributed by atoms with van der Waals surface area (Å²) in [4.78, 5) is 15.9. The van der Waals surface area contributed by atoms with Gasteiger partial charge in [-0.05, 0) is 39.8 Å². The van der Waals surface area contributed by atoms with E-state index in [1.165, 1.54) is 6.07 Å². The van der Waals surface area contributed by atoms with Crippen molar-refractivity contribution in [3.63, 3.8) is 0 Å². The second-order valence-electron chi connectivity index (χ2n) is 5.87. The van der Waals surface area contributed by atoms with Crippen LogP contribution in [0.25, 0.3) is 0 Å². The van der Waals surface area contributed by atoms with E-state index in [1.54, 1.807) is 13.1 Å². The predicted molar refractivity (Wildman–Crippen MR) is 77.8 cm³/mol. The Hall–Kier alpha value is -1.60. The minimum Gasteiger partial charge on any atom is -0.398 e. The average Bonchev–Trinajstić information content (AvgIpc) is 2.57. The van der Waals surface area contributed by atoms with Gasteiger partial charge < -0.3 is 20.4 Å². The predicted octanol–water partition coefficient (Wildman–Crippen LogP) is 0.323. The molecule has 0 atom stereocenters. The van der Waals surface area contributed by atoms with Crippen molar-refractivity contribution in [2.24, 2.45) is 0 Å². The molecular formula is C13H20BN3O3. The fourth-order valence-electron chi connectivity index (χ4n) is 1.93. The van der Waals surface area contributed by atoms with Gasteiger partial charge in [-0.1, -0.05) is 0 Å². The van der Waals surface area contributed by atoms with Crippen LogP contribution in [0.3, 0.4) is 0 Å². The lowest BCUT2D eigenvalue weighted by molar-refractivity contribution is 0.00578. The van der Waals surface area contributed by atoms with Crippen LogP contribution in [0.2, 0.25) is 0 Å². The molecule has 1 aromatic rings. The summed E-state index contributed by atoms with van der Waals surface area (Å²) in [5.74, 6) is 0.0349. The Morgan fingerprint density at radius 3 is 2.30 bits per heavy atom. The van der Waals surface area contributed by atoms with E-state index in [-0.39, 0.29) is 11.7 Å². The molecule has 0 unspecified atom stereocenters. The van der Waals surface area contributed by atoms with Gasteiger partial charge in [0.15, 0.2) is 0 Å². The fraction of sp³-hybridized carbons (Fsp3) is 0.538. The summed E-state index contributed by atoms with van der Waals surface area (Å²) in [7, 11) is 0.930. The van der Waals surface area contributed by atoms with Gasteiger partial charge >= 0.3 is 7.12 Å². The third kappa shape index (κ3) is 2.51. The van der Waals surface area contributed by atoms with Crippen molar-refractivity contribution >= 4 is 24.4 Å². The number of hydrogen-bond donors (Lipinski definition) is 2. The fourth-order valence-corrected chi connectivity index (χ4v) is 1.93. The number of nitrogens with zero attached hydrogens (tertiary/aromatic N) is 1. The zero-order chi connectivity index (χ0) is 15.1. The molecule has 3 N–H and O–H groups in total. The molecule has 108 valence electrons. The number of anilines is 1. The lowest BCUT2D eigenvalue weighted by Gasteiger charge is -2.32. The van der Waals surface area contributed by atoms with Crippen molar-refractivity contribution in [3.8, 4) is 0 Å². The van der Waals surface area contributed by atoms with Gasteiger partial charge in [-0.2, -0.15) is 0 Å². The molecular weight excluding hydrogens is 257 g/mol. The Bertz CT molecular complexity index is 530. The summed E-state index contributed by atoms with van der Waals surface area (Å²) in [5, 5.41) is 2.55. The van der Waals surface area contributed by atoms with E-state index in [0.717, 1.165) is 0 Å². The molecule has 1 aliphatic rings. The number of carbonyl (C=O) groups is 1. The molecule has 1 aliphatic heterocycles. The van der Waals surface area contributed by atoms with E-state index in [1.807, 2.05) is 27.7 Å². The summed E-state index contributed by atoms with van der Waals surface area (Å²) in [5.41, 5.74) is 5.77. The largest absolute Gasteiger partial charge is 0.514 e. The second kappa shape index (κ2) is 4.75. The molecule has 0 spiro atoms. The van der Waals surface area contributed by atoms with Crippen molar-refractivity contribution < 1.29 is 14.1 Å². The van der Waals surface area contributed by atoms with Crippen LogP contribution in [-0.2, 0) is 9.31 Å². The SMILES string of the molecule is CNC(=O)c1cc(N)nc(B2OC(C)(C)C(C)(C)O2)c1. The van der Waals surface area contributed by atoms with Gasteiger partial charge in [-0.15, -0.1) is 0 Å². The van der Waals surface area contributed by atoms with Crippen molar-refractivity contribution in [2.45, 2.75) is 38.9 Å². The van der Waals surface area contributed by atoms with Gasteiger partial charge in [-0.3, -0.25) is 4.79 Å². The van der Waals surface area contributed by atoms with Crippen LogP contribution in [0, 0.1) is 0 Å². The maximum absolute atomic E-state index is 11.7. The van der Waals surface area contributed by atoms with Gasteiger partial charge in [0.05, 0.1) is 16.8 Å². The molecule has 0 bridgehead atoms. The van der Waals surface area contributed by atoms with Gasteiger partial charge in [0.2, 0.25) is 0 Å². The summed E-state index contributed by atoms with van der Waals surface area (Å²) < 4.78 is 11.8. The van der Waals surface area contributed by atoms with E-state index in [2.05, 4.69) is 10.3 Å². The van der Waals surface area contributed by atoms with E-state index in [9.17, 15) is 4.79 Å². The van der Waals surface area contributed by atoms with Crippen molar-refractivity contribution in [1.29, 1.82) is 0 Å². The number of carbonyl (C=O) groups excluding carboxylic acids is 1. The smallest absolute Gasteiger partial charge is 0.398 e. The number of rotatable bonds is 2. The molecule has 0 radical (unpaired) electrons. The van der Waals surface area contributed by atoms with Crippen LogP contribution in [0.4, 0.5) is 5.82 Å². The highest BCUT2D eigenvalue weighted by Gasteiger charge is 2.52. The maximum Gasteiger partial charge on any atom is 0.514 e. The Balaban J connectivity index is 2.35. The normalized spacial score (nSPS) is 19.9. The monoisotopic (exact) mass is 277 g/mol. The standard InChI is InChI=1S/C13H20BN3O3/c1-12(2)13(3,4)20-14(19-12)9-6-8(11(18)16-5)7-10(15)17-9/h6-7H,1-5H3,(H2,15,17)(H,16,18). The van der Waals surface area contributed by atoms with E-state index < -0.39 is 18.3 Å². The minimum absolute atomic E-state index is 0.225. The van der Waals surface area contributed by atoms with E-state index >= 15 is 0 Å². The maximum atomic E-state index is 11.7. The molecule has 0 aromatic carbocycles. The van der Waals surface area contributed by atoms with Crippen molar-refractivity contribution in [3.05, 3.63) is 17.7 Å². The lowest BCUT2D eigenvalue weighted by atomic mass is 9.83. The minimum atomic E-state index is -0.632. The third-order valence-corrected chi connectivity index (χ3v) is 3.85. The van der Waals surface area contributed by atoms with Crippen LogP contribution in [0.5, 0.6) is 0 Å². The number of nitrogens with one attached hydrogen (secondary N) is 1. The first-order chi connectivity index (χ1) is 9.16. The van der Waals surface area contributed by atoms with Crippen LogP contribution in [-0.4, -0.2) is 36.3 Å². The van der Waals surface area contributed by atoms with Crippen molar-refractivity contribution in [1.82, 2.24) is 10.3 Å². The first-order valence-corrected chi connectivity index (χ1v) is 6.51. The zero-order valence-corrected chi connectivity index (χ0v) is 12.5. The van der Waals surface area contributed by atoms with Gasteiger partial charge in [-0.25, -0.2) is 4.98 Å². The molecule has 1 fully saturated rings. The van der Waals surface area contributed by atoms with E-state index in [4.69, 9.17) is 15.0 Å². The third-order valence-electron chi connectivity index (χ3n) is 3.85. The topological polar surface area (TPSA) is 86.5 Å². The average molecular weight is 277 g/mol. The number of hydrogen-bond acceptors (Lipinski definition) is 5. The molecule has 20 heavy (non-hydrogen) atoms. The second-order valence-corrected chi connectivity index (χ2v) is 5.87. The van der Waals surface area contributed by atoms with Gasteiger partial charge in [0.1, 0.15) is 5.82 Å². The summed E-state index contributed by atoms with van der Waals surface area (Å²) >= 11 is 0. The lowest BCUT2D eigenvalue weighted by Crippen LogP contribution is -2.41. The first kappa shape index (κ1) is 14.8. The molecule has 7 heteroatoms. The van der Waals surface area contributed by atoms with Crippen LogP contribution < -0.4 is 16.6 Å². The molecule has 0 aliphatic carbocycles. The van der Waals surface area contributed by atoms with E-state index in [0.29, 0.717) is 11.2 Å². The molecule has 1 amide bonds. The van der Waals surface area contributed by atoms with Crippen LogP contribution in [0.15, 0.2) is 12.1 Å². The van der Waals surface area contributed by atoms with Gasteiger partial charge in [0, 0.05) is 12.6 Å². The Labute approximate surface area is 119 Å². The molecule has 1 saturated heterocycles. The Kier molecular flexibility index (Phi) is 3.52. The summed E-state index contributed by atoms with van der Waals surface area (Å²) in [6.07, 6.45) is 0. The number of nitrogens with two attached hydrogens (primary N) is 1. The first-order valence-electron chi connectivity index (χ1n) is 6.51. The number of aromatic nitrogens is 1. The molecule has 2 rings (SSSR count). The summed E-state index contributed by atoms with van der Waals surface area (Å²) in [6, 6.07) is 3.16. The zero-order valence-electron chi connectivity index (χ0n) is 12.5. The molecule has 6 nitrogen and oxygen atoms in total. The molecule has 1 aromatic heterocycles. The quantitative estimate of drug-likeness (QED) is 0.760. The Morgan fingerprint density at radius 1 is 1.25 bits per heavy atom. The highest BCUT2D eigenvalue weighted by Crippen LogP contribution is 2.36. The molecule has 2 heterocycles. The van der Waals surface area contributed by atoms with Crippen molar-refractivity contribution in [2.75, 3.05) is 12.8 Å². The number of pyridine rings is 1. The highest BCUT2D eigenvalue weighted by atomic mass is 16.7. The Morgan fingerprint density at radius 2 is 1.80 bits per heavy atom. The summed E-state index contributed by atoms with van der Waals surface area (Å²) in [6.45, 7) is 7.83.